The number of rotatable bonds is 1. The van der Waals surface area contributed by atoms with Crippen molar-refractivity contribution in [1.82, 2.24) is 9.78 Å². The van der Waals surface area contributed by atoms with Gasteiger partial charge in [0.15, 0.2) is 0 Å². The molecule has 0 atom stereocenters. The zero-order valence-electron chi connectivity index (χ0n) is 8.21. The Balaban J connectivity index is 2.86. The van der Waals surface area contributed by atoms with Gasteiger partial charge >= 0.3 is 0 Å². The summed E-state index contributed by atoms with van der Waals surface area (Å²) in [6.45, 7) is 2.46. The van der Waals surface area contributed by atoms with E-state index in [1.807, 2.05) is 30.8 Å². The molecule has 0 aliphatic carbocycles. The summed E-state index contributed by atoms with van der Waals surface area (Å²) in [5.74, 6) is 0. The smallest absolute Gasteiger partial charge is 0.0941 e. The molecule has 3 nitrogen and oxygen atoms in total. The summed E-state index contributed by atoms with van der Waals surface area (Å²) in [6.07, 6.45) is 0. The predicted molar refractivity (Wildman–Crippen MR) is 58.4 cm³/mol. The van der Waals surface area contributed by atoms with Gasteiger partial charge in [0, 0.05) is 24.7 Å². The molecule has 14 heavy (non-hydrogen) atoms. The maximum atomic E-state index is 6.23. The van der Waals surface area contributed by atoms with Crippen molar-refractivity contribution in [2.45, 2.75) is 13.5 Å². The monoisotopic (exact) mass is 209 g/mol. The third-order valence-electron chi connectivity index (χ3n) is 2.52. The Bertz CT molecular complexity index is 488. The fourth-order valence-electron chi connectivity index (χ4n) is 1.59. The number of nitrogens with two attached hydrogens (primary N) is 1. The number of benzene rings is 1. The van der Waals surface area contributed by atoms with Gasteiger partial charge in [0.25, 0.3) is 0 Å². The summed E-state index contributed by atoms with van der Waals surface area (Å²) in [5.41, 5.74) is 8.55. The summed E-state index contributed by atoms with van der Waals surface area (Å²) in [5, 5.41) is 6.08. The van der Waals surface area contributed by atoms with Gasteiger partial charge < -0.3 is 5.73 Å². The van der Waals surface area contributed by atoms with Gasteiger partial charge in [0.1, 0.15) is 0 Å². The second kappa shape index (κ2) is 3.26. The number of nitrogens with zero attached hydrogens (tertiary/aromatic N) is 2. The van der Waals surface area contributed by atoms with Gasteiger partial charge in [-0.1, -0.05) is 17.7 Å². The molecular formula is C10H12ClN3. The minimum absolute atomic E-state index is 0.461. The van der Waals surface area contributed by atoms with Crippen molar-refractivity contribution in [3.05, 3.63) is 28.4 Å². The molecule has 1 heterocycles. The van der Waals surface area contributed by atoms with Gasteiger partial charge in [-0.25, -0.2) is 0 Å². The molecule has 0 aliphatic heterocycles. The number of hydrogen-bond acceptors (Lipinski definition) is 2. The number of fused-ring (bicyclic) bond motifs is 1. The zero-order valence-corrected chi connectivity index (χ0v) is 8.97. The van der Waals surface area contributed by atoms with Gasteiger partial charge in [-0.2, -0.15) is 5.10 Å². The number of hydrogen-bond donors (Lipinski definition) is 1. The molecule has 0 fully saturated rings. The largest absolute Gasteiger partial charge is 0.326 e. The first-order chi connectivity index (χ1) is 6.65. The molecule has 2 N–H and O–H groups in total. The van der Waals surface area contributed by atoms with E-state index in [4.69, 9.17) is 17.3 Å². The molecule has 2 rings (SSSR count). The molecular weight excluding hydrogens is 198 g/mol. The van der Waals surface area contributed by atoms with Crippen LogP contribution in [0.5, 0.6) is 0 Å². The summed E-state index contributed by atoms with van der Waals surface area (Å²) < 4.78 is 1.83. The number of aryl methyl sites for hydroxylation is 2. The molecule has 0 saturated carbocycles. The number of aromatic nitrogens is 2. The molecule has 2 aromatic rings. The average molecular weight is 210 g/mol. The molecule has 1 aromatic heterocycles. The van der Waals surface area contributed by atoms with Crippen LogP contribution in [0.2, 0.25) is 5.02 Å². The van der Waals surface area contributed by atoms with Gasteiger partial charge in [0.2, 0.25) is 0 Å². The van der Waals surface area contributed by atoms with Gasteiger partial charge in [0.05, 0.1) is 10.5 Å². The standard InChI is InChI=1S/C10H12ClN3/c1-6-9-8(13-14(6)2)4-3-7(5-12)10(9)11/h3-4H,5,12H2,1-2H3. The lowest BCUT2D eigenvalue weighted by atomic mass is 10.1. The molecule has 4 heteroatoms. The summed E-state index contributed by atoms with van der Waals surface area (Å²) >= 11 is 6.23. The van der Waals surface area contributed by atoms with Crippen LogP contribution in [0, 0.1) is 6.92 Å². The second-order valence-electron chi connectivity index (χ2n) is 3.35. The molecule has 0 amide bonds. The van der Waals surface area contributed by atoms with E-state index >= 15 is 0 Å². The van der Waals surface area contributed by atoms with Crippen LogP contribution in [-0.2, 0) is 13.6 Å². The Morgan fingerprint density at radius 2 is 2.21 bits per heavy atom. The van der Waals surface area contributed by atoms with Crippen LogP contribution < -0.4 is 5.73 Å². The third kappa shape index (κ3) is 1.21. The van der Waals surface area contributed by atoms with Crippen molar-refractivity contribution in [2.24, 2.45) is 12.8 Å². The molecule has 0 aliphatic rings. The average Bonchev–Trinajstić information content (AvgIpc) is 2.44. The lowest BCUT2D eigenvalue weighted by Crippen LogP contribution is -1.97. The molecule has 0 spiro atoms. The first-order valence-corrected chi connectivity index (χ1v) is 4.83. The van der Waals surface area contributed by atoms with E-state index in [0.29, 0.717) is 6.54 Å². The first-order valence-electron chi connectivity index (χ1n) is 4.46. The van der Waals surface area contributed by atoms with Crippen molar-refractivity contribution < 1.29 is 0 Å². The van der Waals surface area contributed by atoms with Gasteiger partial charge in [-0.05, 0) is 18.6 Å². The van der Waals surface area contributed by atoms with E-state index in [9.17, 15) is 0 Å². The Kier molecular flexibility index (Phi) is 2.21. The van der Waals surface area contributed by atoms with Crippen LogP contribution in [0.3, 0.4) is 0 Å². The second-order valence-corrected chi connectivity index (χ2v) is 3.72. The molecule has 0 bridgehead atoms. The van der Waals surface area contributed by atoms with Crippen LogP contribution in [-0.4, -0.2) is 9.78 Å². The maximum Gasteiger partial charge on any atom is 0.0941 e. The number of halogens is 1. The lowest BCUT2D eigenvalue weighted by molar-refractivity contribution is 0.751. The highest BCUT2D eigenvalue weighted by Crippen LogP contribution is 2.28. The fraction of sp³-hybridized carbons (Fsp3) is 0.300. The van der Waals surface area contributed by atoms with E-state index in [0.717, 1.165) is 27.2 Å². The highest BCUT2D eigenvalue weighted by molar-refractivity contribution is 6.36. The Labute approximate surface area is 87.5 Å². The summed E-state index contributed by atoms with van der Waals surface area (Å²) in [4.78, 5) is 0. The van der Waals surface area contributed by atoms with Crippen molar-refractivity contribution >= 4 is 22.5 Å². The molecule has 0 unspecified atom stereocenters. The first kappa shape index (κ1) is 9.49. The summed E-state index contributed by atoms with van der Waals surface area (Å²) in [7, 11) is 1.91. The highest BCUT2D eigenvalue weighted by Gasteiger charge is 2.10. The fourth-order valence-corrected chi connectivity index (χ4v) is 1.97. The van der Waals surface area contributed by atoms with E-state index in [2.05, 4.69) is 5.10 Å². The molecule has 74 valence electrons. The van der Waals surface area contributed by atoms with Crippen molar-refractivity contribution in [3.8, 4) is 0 Å². The summed E-state index contributed by atoms with van der Waals surface area (Å²) in [6, 6.07) is 3.88. The minimum atomic E-state index is 0.461. The van der Waals surface area contributed by atoms with E-state index < -0.39 is 0 Å². The highest BCUT2D eigenvalue weighted by atomic mass is 35.5. The molecule has 0 saturated heterocycles. The van der Waals surface area contributed by atoms with Crippen molar-refractivity contribution in [1.29, 1.82) is 0 Å². The van der Waals surface area contributed by atoms with Crippen LogP contribution in [0.15, 0.2) is 12.1 Å². The van der Waals surface area contributed by atoms with E-state index in [-0.39, 0.29) is 0 Å². The SMILES string of the molecule is Cc1c2c(Cl)c(CN)ccc2nn1C. The Morgan fingerprint density at radius 3 is 2.86 bits per heavy atom. The van der Waals surface area contributed by atoms with Crippen LogP contribution in [0.1, 0.15) is 11.3 Å². The van der Waals surface area contributed by atoms with Gasteiger partial charge in [-0.15, -0.1) is 0 Å². The Hall–Kier alpha value is -1.06. The molecule has 0 radical (unpaired) electrons. The van der Waals surface area contributed by atoms with Gasteiger partial charge in [-0.3, -0.25) is 4.68 Å². The van der Waals surface area contributed by atoms with E-state index in [1.54, 1.807) is 0 Å². The molecule has 1 aromatic carbocycles. The topological polar surface area (TPSA) is 43.8 Å². The Morgan fingerprint density at radius 1 is 1.50 bits per heavy atom. The minimum Gasteiger partial charge on any atom is -0.326 e. The van der Waals surface area contributed by atoms with Crippen LogP contribution in [0.25, 0.3) is 10.9 Å². The third-order valence-corrected chi connectivity index (χ3v) is 2.96. The van der Waals surface area contributed by atoms with Crippen molar-refractivity contribution in [3.63, 3.8) is 0 Å². The van der Waals surface area contributed by atoms with Crippen LogP contribution >= 0.6 is 11.6 Å². The maximum absolute atomic E-state index is 6.23. The normalized spacial score (nSPS) is 11.1. The van der Waals surface area contributed by atoms with Crippen molar-refractivity contribution in [2.75, 3.05) is 0 Å². The quantitative estimate of drug-likeness (QED) is 0.781. The van der Waals surface area contributed by atoms with E-state index in [1.165, 1.54) is 0 Å². The lowest BCUT2D eigenvalue weighted by Gasteiger charge is -2.01. The van der Waals surface area contributed by atoms with Crippen LogP contribution in [0.4, 0.5) is 0 Å². The zero-order chi connectivity index (χ0) is 10.3. The predicted octanol–water partition coefficient (Wildman–Crippen LogP) is 1.99.